The Morgan fingerprint density at radius 2 is 0.644 bits per heavy atom. The van der Waals surface area contributed by atoms with Crippen LogP contribution in [0.5, 0.6) is 11.5 Å². The minimum atomic E-state index is -0.949. The second-order valence-corrected chi connectivity index (χ2v) is 8.01. The van der Waals surface area contributed by atoms with Crippen molar-refractivity contribution in [3.05, 3.63) is 76.9 Å². The van der Waals surface area contributed by atoms with Gasteiger partial charge in [0.05, 0.1) is 111 Å². The van der Waals surface area contributed by atoms with Crippen LogP contribution in [0.15, 0.2) is 36.4 Å². The molecule has 0 unspecified atom stereocenters. The topological polar surface area (TPSA) is 274 Å². The van der Waals surface area contributed by atoms with Gasteiger partial charge in [0.2, 0.25) is 0 Å². The fourth-order valence-corrected chi connectivity index (χ4v) is 2.84. The van der Waals surface area contributed by atoms with Gasteiger partial charge in [0.15, 0.2) is 0 Å². The number of nitro benzene ring substituents is 4. The minimum absolute atomic E-state index is 0. The first-order valence-electron chi connectivity index (χ1n) is 12.7. The molecule has 3 rings (SSSR count). The quantitative estimate of drug-likeness (QED) is 0.237. The molecule has 244 valence electrons. The van der Waals surface area contributed by atoms with Crippen LogP contribution in [0.1, 0.15) is 0 Å². The normalized spacial score (nSPS) is 15.1. The number of nitrogens with zero attached hydrogens (tertiary/aromatic N) is 4. The number of non-ortho nitro benzene ring substituents is 2. The molecule has 1 aliphatic rings. The van der Waals surface area contributed by atoms with Gasteiger partial charge in [0, 0.05) is 12.1 Å². The summed E-state index contributed by atoms with van der Waals surface area (Å²) in [5.74, 6) is -1.67. The van der Waals surface area contributed by atoms with Crippen LogP contribution in [0, 0.1) is 40.5 Å². The molecule has 0 atom stereocenters. The van der Waals surface area contributed by atoms with Crippen LogP contribution in [0.2, 0.25) is 0 Å². The predicted molar refractivity (Wildman–Crippen MR) is 149 cm³/mol. The first-order valence-corrected chi connectivity index (χ1v) is 12.7. The third kappa shape index (κ3) is 19.2. The van der Waals surface area contributed by atoms with Crippen LogP contribution >= 0.6 is 0 Å². The molecular weight excluding hydrogens is 738 g/mol. The smallest absolute Gasteiger partial charge is 0.868 e. The zero-order chi connectivity index (χ0) is 32.7. The largest absolute Gasteiger partial charge is 2.00 e. The zero-order valence-corrected chi connectivity index (χ0v) is 28.4. The summed E-state index contributed by atoms with van der Waals surface area (Å²) >= 11 is 0. The molecule has 1 saturated heterocycles. The van der Waals surface area contributed by atoms with E-state index in [1.54, 1.807) is 0 Å². The molecule has 0 aliphatic carbocycles. The Labute approximate surface area is 295 Å². The van der Waals surface area contributed by atoms with E-state index in [1.807, 2.05) is 0 Å². The Kier molecular flexibility index (Phi) is 23.5. The Morgan fingerprint density at radius 1 is 0.422 bits per heavy atom. The van der Waals surface area contributed by atoms with Crippen molar-refractivity contribution in [2.45, 2.75) is 0 Å². The SMILES string of the molecule is C1COCCOCCOCCOCCOCCO1.O=[N+]([O-])c1ccc([O-])c([N+](=O)[O-])c1.O=[N+]([O-])c1ccc([O-])c([N+](=O)[O-])c1.[Ba+2]. The minimum Gasteiger partial charge on any atom is -0.868 e. The average Bonchev–Trinajstić information content (AvgIpc) is 2.98. The summed E-state index contributed by atoms with van der Waals surface area (Å²) < 4.78 is 32.0. The summed E-state index contributed by atoms with van der Waals surface area (Å²) in [5.41, 5.74) is -2.50. The summed E-state index contributed by atoms with van der Waals surface area (Å²) in [7, 11) is 0. The molecule has 0 spiro atoms. The van der Waals surface area contributed by atoms with Crippen LogP contribution < -0.4 is 10.2 Å². The number of rotatable bonds is 4. The van der Waals surface area contributed by atoms with E-state index in [1.165, 1.54) is 0 Å². The molecule has 0 radical (unpaired) electrons. The summed E-state index contributed by atoms with van der Waals surface area (Å²) in [5, 5.41) is 62.2. The van der Waals surface area contributed by atoms with Crippen LogP contribution in [-0.4, -0.2) is 148 Å². The third-order valence-electron chi connectivity index (χ3n) is 4.93. The van der Waals surface area contributed by atoms with E-state index in [4.69, 9.17) is 28.4 Å². The zero-order valence-electron chi connectivity index (χ0n) is 24.0. The van der Waals surface area contributed by atoms with Crippen molar-refractivity contribution in [2.75, 3.05) is 79.3 Å². The molecule has 21 heteroatoms. The average molecular weight is 768 g/mol. The van der Waals surface area contributed by atoms with Crippen molar-refractivity contribution >= 4 is 71.6 Å². The van der Waals surface area contributed by atoms with E-state index < -0.39 is 53.9 Å². The van der Waals surface area contributed by atoms with E-state index in [0.717, 1.165) is 24.3 Å². The molecule has 45 heavy (non-hydrogen) atoms. The van der Waals surface area contributed by atoms with E-state index in [2.05, 4.69) is 0 Å². The van der Waals surface area contributed by atoms with Crippen LogP contribution in [0.25, 0.3) is 0 Å². The van der Waals surface area contributed by atoms with Gasteiger partial charge in [-0.2, -0.15) is 0 Å². The predicted octanol–water partition coefficient (Wildman–Crippen LogP) is 0.872. The van der Waals surface area contributed by atoms with Gasteiger partial charge < -0.3 is 38.6 Å². The second-order valence-electron chi connectivity index (χ2n) is 8.01. The molecule has 0 saturated carbocycles. The fraction of sp³-hybridized carbons (Fsp3) is 0.500. The fourth-order valence-electron chi connectivity index (χ4n) is 2.84. The summed E-state index contributed by atoms with van der Waals surface area (Å²) in [6.07, 6.45) is 0. The van der Waals surface area contributed by atoms with Crippen molar-refractivity contribution in [1.82, 2.24) is 0 Å². The summed E-state index contributed by atoms with van der Waals surface area (Å²) in [4.78, 5) is 37.2. The third-order valence-corrected chi connectivity index (χ3v) is 4.93. The molecule has 1 fully saturated rings. The molecule has 2 aromatic carbocycles. The standard InChI is InChI=1S/C12H24O6.2C6H4N2O5.Ba/c1-2-14-5-6-16-9-10-18-12-11-17-8-7-15-4-3-13-1;2*9-6-2-1-4(7(10)11)3-5(6)8(12)13;/h1-12H2;2*1-3,9H;/q;;;+2/p-2. The van der Waals surface area contributed by atoms with Gasteiger partial charge in [-0.25, -0.2) is 0 Å². The monoisotopic (exact) mass is 768 g/mol. The number of benzene rings is 2. The molecular formula is C24H30BaN4O16. The molecule has 1 aliphatic heterocycles. The van der Waals surface area contributed by atoms with Crippen molar-refractivity contribution in [1.29, 1.82) is 0 Å². The van der Waals surface area contributed by atoms with Crippen LogP contribution in [-0.2, 0) is 28.4 Å². The van der Waals surface area contributed by atoms with Crippen molar-refractivity contribution in [3.8, 4) is 11.5 Å². The van der Waals surface area contributed by atoms with E-state index >= 15 is 0 Å². The molecule has 1 heterocycles. The van der Waals surface area contributed by atoms with E-state index in [-0.39, 0.29) is 48.9 Å². The van der Waals surface area contributed by atoms with Gasteiger partial charge in [-0.15, -0.1) is 0 Å². The molecule has 0 N–H and O–H groups in total. The summed E-state index contributed by atoms with van der Waals surface area (Å²) in [6, 6.07) is 4.74. The maximum atomic E-state index is 10.8. The van der Waals surface area contributed by atoms with Crippen molar-refractivity contribution in [3.63, 3.8) is 0 Å². The molecule has 0 amide bonds. The molecule has 0 aromatic heterocycles. The van der Waals surface area contributed by atoms with Crippen LogP contribution in [0.4, 0.5) is 22.7 Å². The van der Waals surface area contributed by atoms with Crippen molar-refractivity contribution in [2.24, 2.45) is 0 Å². The van der Waals surface area contributed by atoms with E-state index in [9.17, 15) is 50.7 Å². The Balaban J connectivity index is 0.000000651. The first kappa shape index (κ1) is 42.0. The number of ether oxygens (including phenoxy) is 6. The number of nitro groups is 4. The molecule has 20 nitrogen and oxygen atoms in total. The summed E-state index contributed by atoms with van der Waals surface area (Å²) in [6.45, 7) is 7.04. The van der Waals surface area contributed by atoms with Gasteiger partial charge in [0.25, 0.3) is 22.7 Å². The first-order chi connectivity index (χ1) is 21.0. The van der Waals surface area contributed by atoms with Crippen molar-refractivity contribution < 1.29 is 58.3 Å². The van der Waals surface area contributed by atoms with Gasteiger partial charge in [-0.05, 0) is 11.5 Å². The van der Waals surface area contributed by atoms with Crippen LogP contribution in [0.3, 0.4) is 0 Å². The van der Waals surface area contributed by atoms with Gasteiger partial charge in [-0.3, -0.25) is 40.5 Å². The van der Waals surface area contributed by atoms with Gasteiger partial charge in [0.1, 0.15) is 0 Å². The Morgan fingerprint density at radius 3 is 0.822 bits per heavy atom. The number of hydrogen-bond donors (Lipinski definition) is 0. The molecule has 0 bridgehead atoms. The Bertz CT molecular complexity index is 1060. The number of hydrogen-bond acceptors (Lipinski definition) is 16. The Hall–Kier alpha value is -3.03. The maximum Gasteiger partial charge on any atom is 2.00 e. The van der Waals surface area contributed by atoms with Gasteiger partial charge in [-0.1, -0.05) is 12.1 Å². The molecule has 2 aromatic rings. The van der Waals surface area contributed by atoms with Gasteiger partial charge >= 0.3 is 48.9 Å². The maximum absolute atomic E-state index is 10.8. The second kappa shape index (κ2) is 25.2. The van der Waals surface area contributed by atoms with E-state index in [0.29, 0.717) is 91.4 Å².